The topological polar surface area (TPSA) is 61.8 Å². The van der Waals surface area contributed by atoms with E-state index in [9.17, 15) is 31.5 Å². The van der Waals surface area contributed by atoms with Crippen molar-refractivity contribution in [1.82, 2.24) is 0 Å². The van der Waals surface area contributed by atoms with Crippen molar-refractivity contribution in [2.75, 3.05) is 7.11 Å². The summed E-state index contributed by atoms with van der Waals surface area (Å²) in [5.74, 6) is -15.0. The summed E-state index contributed by atoms with van der Waals surface area (Å²) < 4.78 is 83.1. The molecule has 0 saturated carbocycles. The van der Waals surface area contributed by atoms with Crippen LogP contribution >= 0.6 is 0 Å². The van der Waals surface area contributed by atoms with Gasteiger partial charge in [0.25, 0.3) is 0 Å². The first kappa shape index (κ1) is 25.8. The molecule has 0 aliphatic carbocycles. The molecule has 30 heavy (non-hydrogen) atoms. The maximum Gasteiger partial charge on any atom is 0.312 e. The van der Waals surface area contributed by atoms with E-state index < -0.39 is 69.8 Å². The summed E-state index contributed by atoms with van der Waals surface area (Å²) >= 11 is 0. The van der Waals surface area contributed by atoms with Crippen molar-refractivity contribution < 1.29 is 45.8 Å². The average molecular weight is 440 g/mol. The van der Waals surface area contributed by atoms with Crippen molar-refractivity contribution in [2.45, 2.75) is 65.6 Å². The van der Waals surface area contributed by atoms with Gasteiger partial charge in [-0.15, -0.1) is 0 Å². The lowest BCUT2D eigenvalue weighted by atomic mass is 9.62. The normalized spacial score (nSPS) is 14.3. The summed E-state index contributed by atoms with van der Waals surface area (Å²) in [5.41, 5.74) is -3.85. The molecule has 0 fully saturated rings. The maximum absolute atomic E-state index is 13.9. The third-order valence-corrected chi connectivity index (χ3v) is 5.71. The molecular formula is C20H25F5O5. The first-order chi connectivity index (χ1) is 13.6. The summed E-state index contributed by atoms with van der Waals surface area (Å²) in [6.07, 6.45) is -0.598. The number of hydrogen-bond acceptors (Lipinski definition) is 5. The summed E-state index contributed by atoms with van der Waals surface area (Å²) in [4.78, 5) is 24.4. The molecule has 0 amide bonds. The van der Waals surface area contributed by atoms with Crippen molar-refractivity contribution in [1.29, 1.82) is 0 Å². The maximum atomic E-state index is 13.9. The Bertz CT molecular complexity index is 808. The molecule has 5 nitrogen and oxygen atoms in total. The number of halogens is 5. The van der Waals surface area contributed by atoms with E-state index in [-0.39, 0.29) is 6.42 Å². The number of carbonyl (C=O) groups excluding carboxylic acids is 2. The van der Waals surface area contributed by atoms with Crippen molar-refractivity contribution in [3.05, 3.63) is 29.1 Å². The summed E-state index contributed by atoms with van der Waals surface area (Å²) in [6, 6.07) is 0. The van der Waals surface area contributed by atoms with E-state index in [4.69, 9.17) is 9.47 Å². The number of hydrogen-bond donors (Lipinski definition) is 0. The number of methoxy groups -OCH3 is 1. The van der Waals surface area contributed by atoms with Crippen LogP contribution in [0.3, 0.4) is 0 Å². The van der Waals surface area contributed by atoms with E-state index in [1.54, 1.807) is 20.8 Å². The van der Waals surface area contributed by atoms with Gasteiger partial charge in [0.15, 0.2) is 0 Å². The Morgan fingerprint density at radius 3 is 1.60 bits per heavy atom. The molecule has 0 spiro atoms. The molecule has 0 aromatic heterocycles. The minimum atomic E-state index is -2.37. The molecule has 1 rings (SSSR count). The predicted molar refractivity (Wildman–Crippen MR) is 96.1 cm³/mol. The van der Waals surface area contributed by atoms with Crippen LogP contribution in [0, 0.1) is 34.5 Å². The van der Waals surface area contributed by atoms with Gasteiger partial charge in [-0.1, -0.05) is 13.8 Å². The van der Waals surface area contributed by atoms with Crippen LogP contribution in [0.4, 0.5) is 22.0 Å². The second-order valence-corrected chi connectivity index (χ2v) is 7.93. The first-order valence-corrected chi connectivity index (χ1v) is 9.05. The van der Waals surface area contributed by atoms with Crippen LogP contribution in [-0.4, -0.2) is 30.3 Å². The van der Waals surface area contributed by atoms with Gasteiger partial charge in [-0.2, -0.15) is 8.78 Å². The SMILES string of the molecule is CCC(=O)OC(C)(C)C(C)(CC(=O)Oc1c(F)c(F)c(F)c(F)c1F)C(C)(C)OC. The number of benzene rings is 1. The van der Waals surface area contributed by atoms with Crippen molar-refractivity contribution in [3.63, 3.8) is 0 Å². The first-order valence-electron chi connectivity index (χ1n) is 9.05. The number of carbonyl (C=O) groups is 2. The molecule has 0 aliphatic heterocycles. The van der Waals surface area contributed by atoms with Gasteiger partial charge >= 0.3 is 11.9 Å². The van der Waals surface area contributed by atoms with Gasteiger partial charge < -0.3 is 14.2 Å². The number of rotatable bonds is 8. The van der Waals surface area contributed by atoms with E-state index >= 15 is 0 Å². The highest BCUT2D eigenvalue weighted by Crippen LogP contribution is 2.48. The van der Waals surface area contributed by atoms with Gasteiger partial charge in [0.1, 0.15) is 5.60 Å². The summed E-state index contributed by atoms with van der Waals surface area (Å²) in [6.45, 7) is 9.26. The molecular weight excluding hydrogens is 415 g/mol. The van der Waals surface area contributed by atoms with Crippen LogP contribution in [0.2, 0.25) is 0 Å². The van der Waals surface area contributed by atoms with Crippen LogP contribution in [0.1, 0.15) is 54.4 Å². The standard InChI is InChI=1S/C20H25F5O5/c1-8-10(26)30-19(4,5)20(6,18(2,3)28-7)9-11(27)29-17-15(24)13(22)12(21)14(23)16(17)25/h8-9H2,1-7H3. The highest BCUT2D eigenvalue weighted by atomic mass is 19.2. The van der Waals surface area contributed by atoms with E-state index in [1.807, 2.05) is 0 Å². The fourth-order valence-corrected chi connectivity index (χ4v) is 2.96. The van der Waals surface area contributed by atoms with Crippen molar-refractivity contribution >= 4 is 11.9 Å². The molecule has 1 unspecified atom stereocenters. The molecule has 10 heteroatoms. The van der Waals surface area contributed by atoms with E-state index in [2.05, 4.69) is 4.74 Å². The zero-order chi connectivity index (χ0) is 23.7. The molecule has 0 saturated heterocycles. The summed E-state index contributed by atoms with van der Waals surface area (Å²) in [5, 5.41) is 0. The zero-order valence-corrected chi connectivity index (χ0v) is 17.8. The van der Waals surface area contributed by atoms with Gasteiger partial charge in [-0.05, 0) is 27.7 Å². The third-order valence-electron chi connectivity index (χ3n) is 5.71. The Balaban J connectivity index is 3.37. The van der Waals surface area contributed by atoms with Gasteiger partial charge in [-0.3, -0.25) is 9.59 Å². The molecule has 0 aliphatic rings. The molecule has 0 heterocycles. The Morgan fingerprint density at radius 2 is 1.20 bits per heavy atom. The van der Waals surface area contributed by atoms with Crippen LogP contribution < -0.4 is 4.74 Å². The minimum Gasteiger partial charge on any atom is -0.459 e. The minimum absolute atomic E-state index is 0.0436. The highest BCUT2D eigenvalue weighted by Gasteiger charge is 2.56. The second-order valence-electron chi connectivity index (χ2n) is 7.93. The number of ether oxygens (including phenoxy) is 3. The van der Waals surface area contributed by atoms with Crippen LogP contribution in [-0.2, 0) is 19.1 Å². The lowest BCUT2D eigenvalue weighted by molar-refractivity contribution is -0.207. The lowest BCUT2D eigenvalue weighted by Crippen LogP contribution is -2.58. The molecule has 0 N–H and O–H groups in total. The van der Waals surface area contributed by atoms with Gasteiger partial charge in [-0.25, -0.2) is 13.2 Å². The fourth-order valence-electron chi connectivity index (χ4n) is 2.96. The van der Waals surface area contributed by atoms with Crippen molar-refractivity contribution in [2.24, 2.45) is 5.41 Å². The molecule has 1 aromatic rings. The van der Waals surface area contributed by atoms with E-state index in [0.717, 1.165) is 0 Å². The van der Waals surface area contributed by atoms with Gasteiger partial charge in [0, 0.05) is 18.9 Å². The quantitative estimate of drug-likeness (QED) is 0.190. The predicted octanol–water partition coefficient (Wildman–Crippen LogP) is 4.84. The second kappa shape index (κ2) is 8.87. The van der Waals surface area contributed by atoms with Gasteiger partial charge in [0.2, 0.25) is 34.8 Å². The zero-order valence-electron chi connectivity index (χ0n) is 17.8. The van der Waals surface area contributed by atoms with E-state index in [0.29, 0.717) is 0 Å². The van der Waals surface area contributed by atoms with Crippen LogP contribution in [0.25, 0.3) is 0 Å². The van der Waals surface area contributed by atoms with Crippen LogP contribution in [0.5, 0.6) is 5.75 Å². The third kappa shape index (κ3) is 4.58. The molecule has 0 bridgehead atoms. The lowest BCUT2D eigenvalue weighted by Gasteiger charge is -2.51. The molecule has 1 atom stereocenters. The largest absolute Gasteiger partial charge is 0.459 e. The Hall–Kier alpha value is -2.23. The fraction of sp³-hybridized carbons (Fsp3) is 0.600. The Labute approximate surface area is 171 Å². The Kier molecular flexibility index (Phi) is 7.63. The monoisotopic (exact) mass is 440 g/mol. The molecule has 1 aromatic carbocycles. The van der Waals surface area contributed by atoms with Gasteiger partial charge in [0.05, 0.1) is 12.0 Å². The summed E-state index contributed by atoms with van der Waals surface area (Å²) in [7, 11) is 1.34. The molecule has 170 valence electrons. The molecule has 0 radical (unpaired) electrons. The Morgan fingerprint density at radius 1 is 0.767 bits per heavy atom. The number of esters is 2. The highest BCUT2D eigenvalue weighted by molar-refractivity contribution is 5.74. The average Bonchev–Trinajstić information content (AvgIpc) is 2.67. The smallest absolute Gasteiger partial charge is 0.312 e. The van der Waals surface area contributed by atoms with Crippen LogP contribution in [0.15, 0.2) is 0 Å². The van der Waals surface area contributed by atoms with E-state index in [1.165, 1.54) is 27.9 Å². The van der Waals surface area contributed by atoms with Crippen molar-refractivity contribution in [3.8, 4) is 5.75 Å².